The van der Waals surface area contributed by atoms with Gasteiger partial charge in [0.2, 0.25) is 0 Å². The first-order valence-electron chi connectivity index (χ1n) is 4.95. The maximum Gasteiger partial charge on any atom is 0.406 e. The van der Waals surface area contributed by atoms with Crippen LogP contribution in [-0.4, -0.2) is 43.8 Å². The number of carbonyl (C=O) groups excluding carboxylic acids is 2. The molecule has 5 nitrogen and oxygen atoms in total. The Kier molecular flexibility index (Phi) is 10.6. The van der Waals surface area contributed by atoms with E-state index in [0.29, 0.717) is 19.6 Å². The quantitative estimate of drug-likeness (QED) is 0.410. The van der Waals surface area contributed by atoms with E-state index in [4.69, 9.17) is 9.47 Å². The molecule has 16 heavy (non-hydrogen) atoms. The normalized spacial score (nSPS) is 9.62. The molecule has 0 radical (unpaired) electrons. The average molecular weight is 267 g/mol. The van der Waals surface area contributed by atoms with Gasteiger partial charge in [0.05, 0.1) is 0 Å². The van der Waals surface area contributed by atoms with Gasteiger partial charge in [-0.3, -0.25) is 4.79 Å². The van der Waals surface area contributed by atoms with Gasteiger partial charge in [0.25, 0.3) is 0 Å². The average Bonchev–Trinajstić information content (AvgIpc) is 2.31. The number of alkyl carbamates (subject to hydrolysis) is 1. The lowest BCUT2D eigenvalue weighted by Gasteiger charge is -2.04. The maximum atomic E-state index is 10.8. The van der Waals surface area contributed by atoms with E-state index in [-0.39, 0.29) is 5.97 Å². The second-order valence-corrected chi connectivity index (χ2v) is 5.31. The molecule has 0 aromatic heterocycles. The van der Waals surface area contributed by atoms with Gasteiger partial charge < -0.3 is 14.8 Å². The summed E-state index contributed by atoms with van der Waals surface area (Å²) in [6, 6.07) is 0. The first kappa shape index (κ1) is 15.4. The van der Waals surface area contributed by atoms with Crippen molar-refractivity contribution in [2.24, 2.45) is 0 Å². The van der Waals surface area contributed by atoms with Crippen molar-refractivity contribution in [1.29, 1.82) is 0 Å². The van der Waals surface area contributed by atoms with Crippen molar-refractivity contribution in [1.82, 2.24) is 5.32 Å². The molecule has 0 fully saturated rings. The fourth-order valence-corrected chi connectivity index (χ4v) is 2.30. The summed E-state index contributed by atoms with van der Waals surface area (Å²) < 4.78 is 9.67. The number of hydrogen-bond acceptors (Lipinski definition) is 6. The summed E-state index contributed by atoms with van der Waals surface area (Å²) in [4.78, 5) is 21.4. The molecule has 0 spiro atoms. The van der Waals surface area contributed by atoms with E-state index >= 15 is 0 Å². The van der Waals surface area contributed by atoms with Crippen LogP contribution in [0.3, 0.4) is 0 Å². The van der Waals surface area contributed by atoms with Crippen LogP contribution in [0.4, 0.5) is 4.79 Å². The van der Waals surface area contributed by atoms with Gasteiger partial charge in [-0.25, -0.2) is 4.79 Å². The monoisotopic (exact) mass is 267 g/mol. The Labute approximate surface area is 103 Å². The zero-order valence-electron chi connectivity index (χ0n) is 9.49. The van der Waals surface area contributed by atoms with Crippen molar-refractivity contribution in [3.05, 3.63) is 0 Å². The van der Waals surface area contributed by atoms with Crippen molar-refractivity contribution in [3.63, 3.8) is 0 Å². The Morgan fingerprint density at radius 2 is 1.69 bits per heavy atom. The maximum absolute atomic E-state index is 10.8. The van der Waals surface area contributed by atoms with Crippen LogP contribution in [0.2, 0.25) is 0 Å². The number of esters is 1. The molecular weight excluding hydrogens is 250 g/mol. The van der Waals surface area contributed by atoms with Crippen molar-refractivity contribution in [3.8, 4) is 0 Å². The molecule has 0 atom stereocenters. The highest BCUT2D eigenvalue weighted by molar-refractivity contribution is 8.76. The highest BCUT2D eigenvalue weighted by Crippen LogP contribution is 2.20. The molecule has 0 unspecified atom stereocenters. The minimum absolute atomic E-state index is 0.173. The van der Waals surface area contributed by atoms with Crippen molar-refractivity contribution < 1.29 is 19.1 Å². The Morgan fingerprint density at radius 3 is 2.19 bits per heavy atom. The zero-order valence-corrected chi connectivity index (χ0v) is 11.1. The van der Waals surface area contributed by atoms with Crippen LogP contribution in [0.25, 0.3) is 0 Å². The summed E-state index contributed by atoms with van der Waals surface area (Å²) in [6.07, 6.45) is 0.0000889. The molecule has 0 rings (SSSR count). The third-order valence-electron chi connectivity index (χ3n) is 1.41. The zero-order chi connectivity index (χ0) is 12.2. The van der Waals surface area contributed by atoms with E-state index in [1.54, 1.807) is 28.5 Å². The molecule has 0 aliphatic rings. The largest absolute Gasteiger partial charge is 0.465 e. The minimum atomic E-state index is -0.414. The smallest absolute Gasteiger partial charge is 0.406 e. The number of amides is 1. The topological polar surface area (TPSA) is 64.6 Å². The molecule has 94 valence electrons. The fraction of sp³-hybridized carbons (Fsp3) is 0.778. The predicted octanol–water partition coefficient (Wildman–Crippen LogP) is 1.68. The Balaban J connectivity index is 3.10. The van der Waals surface area contributed by atoms with Gasteiger partial charge in [-0.15, -0.1) is 0 Å². The molecule has 1 amide bonds. The summed E-state index contributed by atoms with van der Waals surface area (Å²) in [5.74, 6) is 1.30. The van der Waals surface area contributed by atoms with Crippen molar-refractivity contribution in [2.75, 3.05) is 31.8 Å². The second-order valence-electron chi connectivity index (χ2n) is 2.60. The van der Waals surface area contributed by atoms with Gasteiger partial charge in [-0.05, 0) is 0 Å². The third-order valence-corrected chi connectivity index (χ3v) is 3.74. The molecule has 0 saturated heterocycles. The third kappa shape index (κ3) is 9.97. The van der Waals surface area contributed by atoms with Crippen LogP contribution < -0.4 is 5.32 Å². The van der Waals surface area contributed by atoms with Crippen LogP contribution in [0, 0.1) is 0 Å². The summed E-state index contributed by atoms with van der Waals surface area (Å²) in [5.41, 5.74) is 0. The van der Waals surface area contributed by atoms with Crippen molar-refractivity contribution in [2.45, 2.75) is 13.3 Å². The number of carbonyl (C=O) groups is 2. The Morgan fingerprint density at radius 1 is 1.12 bits per heavy atom. The van der Waals surface area contributed by atoms with E-state index < -0.39 is 6.09 Å². The highest BCUT2D eigenvalue weighted by atomic mass is 33.1. The van der Waals surface area contributed by atoms with Crippen molar-refractivity contribution >= 4 is 33.7 Å². The fourth-order valence-electron chi connectivity index (χ4n) is 0.650. The van der Waals surface area contributed by atoms with Gasteiger partial charge in [-0.1, -0.05) is 28.5 Å². The first-order chi connectivity index (χ1) is 7.70. The standard InChI is InChI=1S/C9H17NO4S2/c1-3-8(11)13-4-6-15-16-7-5-14-9(12)10-2/h3-7H2,1-2H3,(H,10,12). The molecular formula is C9H17NO4S2. The van der Waals surface area contributed by atoms with E-state index in [9.17, 15) is 9.59 Å². The number of nitrogens with one attached hydrogen (secondary N) is 1. The molecule has 0 heterocycles. The molecule has 0 bridgehead atoms. The number of ether oxygens (including phenoxy) is 2. The minimum Gasteiger partial charge on any atom is -0.465 e. The van der Waals surface area contributed by atoms with Gasteiger partial charge in [0.1, 0.15) is 13.2 Å². The summed E-state index contributed by atoms with van der Waals surface area (Å²) in [5, 5.41) is 2.36. The van der Waals surface area contributed by atoms with E-state index in [1.807, 2.05) is 0 Å². The van der Waals surface area contributed by atoms with Crippen LogP contribution in [-0.2, 0) is 14.3 Å². The van der Waals surface area contributed by atoms with Crippen LogP contribution in [0.15, 0.2) is 0 Å². The SMILES string of the molecule is CCC(=O)OCCSSCCOC(=O)NC. The summed E-state index contributed by atoms with van der Waals surface area (Å²) in [6.45, 7) is 2.58. The first-order valence-corrected chi connectivity index (χ1v) is 7.44. The molecule has 0 aliphatic carbocycles. The lowest BCUT2D eigenvalue weighted by molar-refractivity contribution is -0.142. The second kappa shape index (κ2) is 10.9. The van der Waals surface area contributed by atoms with E-state index in [0.717, 1.165) is 11.5 Å². The van der Waals surface area contributed by atoms with Gasteiger partial charge in [0, 0.05) is 25.0 Å². The molecule has 1 N–H and O–H groups in total. The molecule has 0 aliphatic heterocycles. The molecule has 7 heteroatoms. The highest BCUT2D eigenvalue weighted by Gasteiger charge is 1.99. The molecule has 0 aromatic rings. The summed E-state index contributed by atoms with van der Waals surface area (Å²) in [7, 11) is 4.70. The van der Waals surface area contributed by atoms with E-state index in [2.05, 4.69) is 5.32 Å². The van der Waals surface area contributed by atoms with Crippen LogP contribution >= 0.6 is 21.6 Å². The summed E-state index contributed by atoms with van der Waals surface area (Å²) >= 11 is 0. The molecule has 0 saturated carbocycles. The van der Waals surface area contributed by atoms with Crippen LogP contribution in [0.5, 0.6) is 0 Å². The van der Waals surface area contributed by atoms with Gasteiger partial charge >= 0.3 is 12.1 Å². The lowest BCUT2D eigenvalue weighted by atomic mass is 10.5. The Hall–Kier alpha value is -0.560. The van der Waals surface area contributed by atoms with Gasteiger partial charge in [-0.2, -0.15) is 0 Å². The Bertz CT molecular complexity index is 192. The predicted molar refractivity (Wildman–Crippen MR) is 66.6 cm³/mol. The number of rotatable bonds is 8. The number of hydrogen-bond donors (Lipinski definition) is 1. The molecule has 0 aromatic carbocycles. The van der Waals surface area contributed by atoms with Crippen LogP contribution in [0.1, 0.15) is 13.3 Å². The van der Waals surface area contributed by atoms with Gasteiger partial charge in [0.15, 0.2) is 0 Å². The van der Waals surface area contributed by atoms with E-state index in [1.165, 1.54) is 7.05 Å². The lowest BCUT2D eigenvalue weighted by Crippen LogP contribution is -2.20.